The van der Waals surface area contributed by atoms with E-state index in [0.29, 0.717) is 32.1 Å². The van der Waals surface area contributed by atoms with Gasteiger partial charge in [-0.25, -0.2) is 0 Å². The van der Waals surface area contributed by atoms with Gasteiger partial charge >= 0.3 is 0 Å². The molecule has 1 saturated heterocycles. The smallest absolute Gasteiger partial charge is 0.234 e. The third-order valence-corrected chi connectivity index (χ3v) is 4.16. The first-order chi connectivity index (χ1) is 11.6. The van der Waals surface area contributed by atoms with Crippen LogP contribution in [0.5, 0.6) is 5.75 Å². The van der Waals surface area contributed by atoms with Crippen molar-refractivity contribution in [1.82, 2.24) is 20.2 Å². The minimum absolute atomic E-state index is 0.498. The minimum Gasteiger partial charge on any atom is -0.493 e. The van der Waals surface area contributed by atoms with Crippen LogP contribution in [0.2, 0.25) is 0 Å². The second-order valence-electron chi connectivity index (χ2n) is 6.08. The standard InChI is InChI=1S/C17H24N4O3/c1-13-7-6-8-14(2)15(13)22-10-5-4-9-17(23-11-12-24-17)16-18-20-21(3)19-16/h6-8H,4-5,9-12H2,1-3H3. The molecule has 0 amide bonds. The van der Waals surface area contributed by atoms with E-state index < -0.39 is 5.79 Å². The molecular weight excluding hydrogens is 308 g/mol. The van der Waals surface area contributed by atoms with Crippen molar-refractivity contribution in [2.75, 3.05) is 19.8 Å². The topological polar surface area (TPSA) is 71.3 Å². The van der Waals surface area contributed by atoms with Crippen LogP contribution in [0.25, 0.3) is 0 Å². The van der Waals surface area contributed by atoms with Crippen LogP contribution in [0.15, 0.2) is 18.2 Å². The van der Waals surface area contributed by atoms with Crippen LogP contribution in [0.3, 0.4) is 0 Å². The first-order valence-electron chi connectivity index (χ1n) is 8.32. The lowest BCUT2D eigenvalue weighted by Crippen LogP contribution is -2.29. The summed E-state index contributed by atoms with van der Waals surface area (Å²) >= 11 is 0. The van der Waals surface area contributed by atoms with E-state index in [1.54, 1.807) is 7.05 Å². The van der Waals surface area contributed by atoms with Gasteiger partial charge in [0.1, 0.15) is 5.75 Å². The van der Waals surface area contributed by atoms with E-state index in [4.69, 9.17) is 14.2 Å². The van der Waals surface area contributed by atoms with Gasteiger partial charge in [0.15, 0.2) is 0 Å². The summed E-state index contributed by atoms with van der Waals surface area (Å²) < 4.78 is 17.5. The Morgan fingerprint density at radius 2 is 1.88 bits per heavy atom. The van der Waals surface area contributed by atoms with Crippen molar-refractivity contribution >= 4 is 0 Å². The molecule has 0 radical (unpaired) electrons. The van der Waals surface area contributed by atoms with Crippen molar-refractivity contribution in [1.29, 1.82) is 0 Å². The molecule has 130 valence electrons. The molecule has 0 saturated carbocycles. The number of para-hydroxylation sites is 1. The van der Waals surface area contributed by atoms with Gasteiger partial charge in [0.05, 0.1) is 26.9 Å². The van der Waals surface area contributed by atoms with Crippen LogP contribution in [0, 0.1) is 13.8 Å². The molecule has 3 rings (SSSR count). The molecule has 0 atom stereocenters. The molecule has 0 bridgehead atoms. The summed E-state index contributed by atoms with van der Waals surface area (Å²) in [4.78, 5) is 1.42. The van der Waals surface area contributed by atoms with Gasteiger partial charge in [-0.15, -0.1) is 10.2 Å². The molecule has 1 aromatic heterocycles. The normalized spacial score (nSPS) is 16.5. The van der Waals surface area contributed by atoms with Crippen LogP contribution < -0.4 is 4.74 Å². The Morgan fingerprint density at radius 1 is 1.17 bits per heavy atom. The zero-order valence-electron chi connectivity index (χ0n) is 14.5. The molecule has 7 nitrogen and oxygen atoms in total. The van der Waals surface area contributed by atoms with Gasteiger partial charge in [-0.1, -0.05) is 18.2 Å². The van der Waals surface area contributed by atoms with Crippen molar-refractivity contribution in [3.05, 3.63) is 35.2 Å². The molecule has 1 aliphatic heterocycles. The van der Waals surface area contributed by atoms with Crippen LogP contribution in [-0.4, -0.2) is 40.0 Å². The van der Waals surface area contributed by atoms with Gasteiger partial charge in [0.2, 0.25) is 11.6 Å². The summed E-state index contributed by atoms with van der Waals surface area (Å²) in [5.74, 6) is 0.627. The number of nitrogens with zero attached hydrogens (tertiary/aromatic N) is 4. The van der Waals surface area contributed by atoms with E-state index in [1.165, 1.54) is 4.80 Å². The Hall–Kier alpha value is -1.99. The van der Waals surface area contributed by atoms with Crippen LogP contribution in [0.1, 0.15) is 36.2 Å². The van der Waals surface area contributed by atoms with Gasteiger partial charge in [0.25, 0.3) is 0 Å². The Morgan fingerprint density at radius 3 is 2.50 bits per heavy atom. The van der Waals surface area contributed by atoms with Gasteiger partial charge in [-0.2, -0.15) is 4.80 Å². The number of tetrazole rings is 1. The fourth-order valence-corrected chi connectivity index (χ4v) is 2.94. The van der Waals surface area contributed by atoms with Crippen molar-refractivity contribution in [2.24, 2.45) is 7.05 Å². The van der Waals surface area contributed by atoms with Gasteiger partial charge in [0, 0.05) is 6.42 Å². The SMILES string of the molecule is Cc1cccc(C)c1OCCCCC1(c2nnn(C)n2)OCCO1. The first kappa shape index (κ1) is 16.9. The number of rotatable bonds is 7. The highest BCUT2D eigenvalue weighted by Gasteiger charge is 2.42. The fraction of sp³-hybridized carbons (Fsp3) is 0.588. The molecule has 0 aliphatic carbocycles. The minimum atomic E-state index is -0.854. The summed E-state index contributed by atoms with van der Waals surface area (Å²) in [7, 11) is 1.73. The number of benzene rings is 1. The molecule has 2 aromatic rings. The highest BCUT2D eigenvalue weighted by molar-refractivity contribution is 5.39. The number of ether oxygens (including phenoxy) is 3. The third kappa shape index (κ3) is 3.57. The van der Waals surface area contributed by atoms with E-state index in [9.17, 15) is 0 Å². The molecule has 1 fully saturated rings. The lowest BCUT2D eigenvalue weighted by Gasteiger charge is -2.23. The maximum absolute atomic E-state index is 5.95. The van der Waals surface area contributed by atoms with Crippen molar-refractivity contribution < 1.29 is 14.2 Å². The second-order valence-corrected chi connectivity index (χ2v) is 6.08. The Bertz CT molecular complexity index is 660. The maximum atomic E-state index is 5.95. The predicted molar refractivity (Wildman–Crippen MR) is 87.6 cm³/mol. The highest BCUT2D eigenvalue weighted by atomic mass is 16.7. The fourth-order valence-electron chi connectivity index (χ4n) is 2.94. The number of hydrogen-bond donors (Lipinski definition) is 0. The van der Waals surface area contributed by atoms with Gasteiger partial charge in [-0.05, 0) is 43.0 Å². The van der Waals surface area contributed by atoms with E-state index in [2.05, 4.69) is 41.4 Å². The largest absolute Gasteiger partial charge is 0.493 e. The molecule has 0 spiro atoms. The van der Waals surface area contributed by atoms with Gasteiger partial charge < -0.3 is 14.2 Å². The van der Waals surface area contributed by atoms with Crippen molar-refractivity contribution in [3.63, 3.8) is 0 Å². The summed E-state index contributed by atoms with van der Waals surface area (Å²) in [6.45, 7) is 5.90. The zero-order chi connectivity index (χ0) is 17.0. The molecule has 0 unspecified atom stereocenters. The van der Waals surface area contributed by atoms with Crippen LogP contribution >= 0.6 is 0 Å². The first-order valence-corrected chi connectivity index (χ1v) is 8.32. The molecule has 0 N–H and O–H groups in total. The lowest BCUT2D eigenvalue weighted by molar-refractivity contribution is -0.178. The maximum Gasteiger partial charge on any atom is 0.234 e. The second kappa shape index (κ2) is 7.27. The lowest BCUT2D eigenvalue weighted by atomic mass is 10.1. The third-order valence-electron chi connectivity index (χ3n) is 4.16. The van der Waals surface area contributed by atoms with Gasteiger partial charge in [-0.3, -0.25) is 0 Å². The number of aromatic nitrogens is 4. The number of unbranched alkanes of at least 4 members (excludes halogenated alkanes) is 1. The van der Waals surface area contributed by atoms with Crippen molar-refractivity contribution in [2.45, 2.75) is 38.9 Å². The molecule has 1 aliphatic rings. The quantitative estimate of drug-likeness (QED) is 0.724. The van der Waals surface area contributed by atoms with E-state index in [0.717, 1.165) is 29.7 Å². The Balaban J connectivity index is 1.52. The average Bonchev–Trinajstić information content (AvgIpc) is 3.19. The zero-order valence-corrected chi connectivity index (χ0v) is 14.5. The Kier molecular flexibility index (Phi) is 5.11. The molecule has 24 heavy (non-hydrogen) atoms. The number of aryl methyl sites for hydroxylation is 3. The highest BCUT2D eigenvalue weighted by Crippen LogP contribution is 2.34. The van der Waals surface area contributed by atoms with Crippen molar-refractivity contribution in [3.8, 4) is 5.75 Å². The van der Waals surface area contributed by atoms with E-state index >= 15 is 0 Å². The summed E-state index contributed by atoms with van der Waals surface area (Å²) in [6, 6.07) is 6.18. The molecular formula is C17H24N4O3. The summed E-state index contributed by atoms with van der Waals surface area (Å²) in [5, 5.41) is 12.2. The van der Waals surface area contributed by atoms with E-state index in [-0.39, 0.29) is 0 Å². The van der Waals surface area contributed by atoms with E-state index in [1.807, 2.05) is 6.07 Å². The monoisotopic (exact) mass is 332 g/mol. The molecule has 7 heteroatoms. The van der Waals surface area contributed by atoms with Crippen LogP contribution in [-0.2, 0) is 22.3 Å². The Labute approximate surface area is 141 Å². The summed E-state index contributed by atoms with van der Waals surface area (Å²) in [6.07, 6.45) is 2.49. The predicted octanol–water partition coefficient (Wildman–Crippen LogP) is 2.28. The number of hydrogen-bond acceptors (Lipinski definition) is 6. The van der Waals surface area contributed by atoms with Crippen LogP contribution in [0.4, 0.5) is 0 Å². The molecule has 2 heterocycles. The summed E-state index contributed by atoms with van der Waals surface area (Å²) in [5.41, 5.74) is 2.33. The average molecular weight is 332 g/mol. The molecule has 1 aromatic carbocycles.